The van der Waals surface area contributed by atoms with Gasteiger partial charge in [-0.3, -0.25) is 4.68 Å². The molecule has 0 aliphatic rings. The summed E-state index contributed by atoms with van der Waals surface area (Å²) in [5.74, 6) is 0.760. The molecular formula is C15H15F2N5O. The minimum Gasteiger partial charge on any atom is -0.435 e. The molecule has 0 amide bonds. The summed E-state index contributed by atoms with van der Waals surface area (Å²) in [6.45, 7) is -0.934. The van der Waals surface area contributed by atoms with E-state index in [4.69, 9.17) is 0 Å². The molecule has 0 saturated carbocycles. The maximum atomic E-state index is 12.3. The first kappa shape index (κ1) is 15.1. The van der Waals surface area contributed by atoms with E-state index in [1.807, 2.05) is 13.0 Å². The Kier molecular flexibility index (Phi) is 4.05. The van der Waals surface area contributed by atoms with Gasteiger partial charge in [0, 0.05) is 7.05 Å². The van der Waals surface area contributed by atoms with Crippen LogP contribution in [0.25, 0.3) is 11.0 Å². The van der Waals surface area contributed by atoms with Gasteiger partial charge in [-0.1, -0.05) is 12.1 Å². The number of benzene rings is 1. The summed E-state index contributed by atoms with van der Waals surface area (Å²) in [4.78, 5) is 8.40. The van der Waals surface area contributed by atoms with Gasteiger partial charge in [-0.2, -0.15) is 13.9 Å². The van der Waals surface area contributed by atoms with Crippen molar-refractivity contribution in [1.82, 2.24) is 19.7 Å². The number of aryl methyl sites for hydroxylation is 1. The monoisotopic (exact) mass is 319 g/mol. The van der Waals surface area contributed by atoms with Gasteiger partial charge in [0.1, 0.15) is 17.9 Å². The number of hydrogen-bond donors (Lipinski definition) is 1. The lowest BCUT2D eigenvalue weighted by atomic mass is 10.1. The molecule has 0 unspecified atom stereocenters. The second kappa shape index (κ2) is 6.15. The zero-order chi connectivity index (χ0) is 16.4. The van der Waals surface area contributed by atoms with Gasteiger partial charge in [-0.25, -0.2) is 9.97 Å². The number of ether oxygens (including phenoxy) is 1. The minimum atomic E-state index is -2.84. The van der Waals surface area contributed by atoms with E-state index in [0.29, 0.717) is 11.5 Å². The molecule has 3 aromatic rings. The highest BCUT2D eigenvalue weighted by atomic mass is 19.3. The highest BCUT2D eigenvalue weighted by molar-refractivity contribution is 5.86. The first-order valence-electron chi connectivity index (χ1n) is 6.98. The van der Waals surface area contributed by atoms with Crippen molar-refractivity contribution >= 4 is 16.9 Å². The van der Waals surface area contributed by atoms with E-state index in [2.05, 4.69) is 25.1 Å². The predicted molar refractivity (Wildman–Crippen MR) is 81.4 cm³/mol. The Morgan fingerprint density at radius 2 is 2.09 bits per heavy atom. The Morgan fingerprint density at radius 3 is 2.87 bits per heavy atom. The zero-order valence-electron chi connectivity index (χ0n) is 12.6. The molecule has 0 aliphatic carbocycles. The van der Waals surface area contributed by atoms with E-state index < -0.39 is 6.61 Å². The SMILES string of the molecule is C[C@H](Nc1ncnc2c1cnn2C)c1cccc(OC(F)F)c1. The minimum absolute atomic E-state index is 0.125. The van der Waals surface area contributed by atoms with Crippen molar-refractivity contribution in [3.63, 3.8) is 0 Å². The van der Waals surface area contributed by atoms with Crippen molar-refractivity contribution in [2.75, 3.05) is 5.32 Å². The van der Waals surface area contributed by atoms with Crippen LogP contribution < -0.4 is 10.1 Å². The molecule has 2 heterocycles. The molecule has 0 aliphatic heterocycles. The Bertz CT molecular complexity index is 820. The molecule has 0 fully saturated rings. The van der Waals surface area contributed by atoms with Gasteiger partial charge >= 0.3 is 6.61 Å². The third-order valence-electron chi connectivity index (χ3n) is 3.47. The largest absolute Gasteiger partial charge is 0.435 e. The van der Waals surface area contributed by atoms with Crippen LogP contribution in [0.2, 0.25) is 0 Å². The number of fused-ring (bicyclic) bond motifs is 1. The van der Waals surface area contributed by atoms with Crippen LogP contribution in [0.5, 0.6) is 5.75 Å². The van der Waals surface area contributed by atoms with Crippen molar-refractivity contribution in [3.8, 4) is 5.75 Å². The summed E-state index contributed by atoms with van der Waals surface area (Å²) in [7, 11) is 1.80. The third-order valence-corrected chi connectivity index (χ3v) is 3.47. The van der Waals surface area contributed by atoms with E-state index >= 15 is 0 Å². The number of rotatable bonds is 5. The van der Waals surface area contributed by atoms with Crippen LogP contribution in [0.4, 0.5) is 14.6 Å². The fourth-order valence-corrected chi connectivity index (χ4v) is 2.33. The fourth-order valence-electron chi connectivity index (χ4n) is 2.33. The molecule has 0 bridgehead atoms. The van der Waals surface area contributed by atoms with E-state index in [0.717, 1.165) is 10.9 Å². The summed E-state index contributed by atoms with van der Waals surface area (Å²) in [6.07, 6.45) is 3.14. The Morgan fingerprint density at radius 1 is 1.26 bits per heavy atom. The Balaban J connectivity index is 1.84. The second-order valence-electron chi connectivity index (χ2n) is 5.04. The Hall–Kier alpha value is -2.77. The van der Waals surface area contributed by atoms with Gasteiger partial charge < -0.3 is 10.1 Å². The van der Waals surface area contributed by atoms with Crippen LogP contribution in [0.3, 0.4) is 0 Å². The molecule has 2 aromatic heterocycles. The van der Waals surface area contributed by atoms with Crippen LogP contribution in [0.1, 0.15) is 18.5 Å². The van der Waals surface area contributed by atoms with Gasteiger partial charge in [0.2, 0.25) is 0 Å². The van der Waals surface area contributed by atoms with Crippen LogP contribution in [-0.2, 0) is 7.05 Å². The van der Waals surface area contributed by atoms with Crippen LogP contribution >= 0.6 is 0 Å². The average Bonchev–Trinajstić information content (AvgIpc) is 2.90. The first-order valence-corrected chi connectivity index (χ1v) is 6.98. The highest BCUT2D eigenvalue weighted by Crippen LogP contribution is 2.26. The fraction of sp³-hybridized carbons (Fsp3) is 0.267. The molecule has 120 valence electrons. The quantitative estimate of drug-likeness (QED) is 0.782. The number of nitrogens with one attached hydrogen (secondary N) is 1. The third kappa shape index (κ3) is 3.20. The van der Waals surface area contributed by atoms with Gasteiger partial charge in [-0.15, -0.1) is 0 Å². The summed E-state index contributed by atoms with van der Waals surface area (Å²) >= 11 is 0. The average molecular weight is 319 g/mol. The van der Waals surface area contributed by atoms with E-state index in [1.165, 1.54) is 12.4 Å². The molecular weight excluding hydrogens is 304 g/mol. The summed E-state index contributed by atoms with van der Waals surface area (Å²) in [5, 5.41) is 8.19. The molecule has 1 aromatic carbocycles. The van der Waals surface area contributed by atoms with Crippen molar-refractivity contribution < 1.29 is 13.5 Å². The maximum Gasteiger partial charge on any atom is 0.387 e. The molecule has 0 spiro atoms. The molecule has 3 rings (SSSR count). The number of hydrogen-bond acceptors (Lipinski definition) is 5. The second-order valence-corrected chi connectivity index (χ2v) is 5.04. The number of anilines is 1. The van der Waals surface area contributed by atoms with Crippen LogP contribution in [-0.4, -0.2) is 26.4 Å². The maximum absolute atomic E-state index is 12.3. The van der Waals surface area contributed by atoms with Gasteiger partial charge in [0.05, 0.1) is 17.6 Å². The van der Waals surface area contributed by atoms with Crippen molar-refractivity contribution in [1.29, 1.82) is 0 Å². The first-order chi connectivity index (χ1) is 11.0. The number of halogens is 2. The molecule has 23 heavy (non-hydrogen) atoms. The molecule has 0 radical (unpaired) electrons. The summed E-state index contributed by atoms with van der Waals surface area (Å²) < 4.78 is 30.7. The molecule has 1 atom stereocenters. The van der Waals surface area contributed by atoms with Gasteiger partial charge in [0.15, 0.2) is 5.65 Å². The lowest BCUT2D eigenvalue weighted by Gasteiger charge is -2.16. The van der Waals surface area contributed by atoms with Gasteiger partial charge in [-0.05, 0) is 24.6 Å². The molecule has 6 nitrogen and oxygen atoms in total. The number of nitrogens with zero attached hydrogens (tertiary/aromatic N) is 4. The van der Waals surface area contributed by atoms with Crippen molar-refractivity contribution in [2.45, 2.75) is 19.6 Å². The van der Waals surface area contributed by atoms with Crippen LogP contribution in [0.15, 0.2) is 36.8 Å². The zero-order valence-corrected chi connectivity index (χ0v) is 12.6. The normalized spacial score (nSPS) is 12.6. The number of alkyl halides is 2. The standard InChI is InChI=1S/C15H15F2N5O/c1-9(10-4-3-5-11(6-10)23-15(16)17)21-13-12-7-20-22(2)14(12)19-8-18-13/h3-9,15H,1-2H3,(H,18,19,21)/t9-/m0/s1. The topological polar surface area (TPSA) is 64.9 Å². The number of aromatic nitrogens is 4. The van der Waals surface area contributed by atoms with Crippen LogP contribution in [0, 0.1) is 0 Å². The summed E-state index contributed by atoms with van der Waals surface area (Å²) in [5.41, 5.74) is 1.52. The highest BCUT2D eigenvalue weighted by Gasteiger charge is 2.13. The summed E-state index contributed by atoms with van der Waals surface area (Å²) in [6, 6.07) is 6.41. The van der Waals surface area contributed by atoms with Crippen molar-refractivity contribution in [2.24, 2.45) is 7.05 Å². The molecule has 1 N–H and O–H groups in total. The van der Waals surface area contributed by atoms with E-state index in [1.54, 1.807) is 30.1 Å². The lowest BCUT2D eigenvalue weighted by Crippen LogP contribution is -2.09. The predicted octanol–water partition coefficient (Wildman–Crippen LogP) is 3.14. The van der Waals surface area contributed by atoms with Gasteiger partial charge in [0.25, 0.3) is 0 Å². The Labute approximate surface area is 131 Å². The molecule has 8 heteroatoms. The smallest absolute Gasteiger partial charge is 0.387 e. The molecule has 0 saturated heterocycles. The lowest BCUT2D eigenvalue weighted by molar-refractivity contribution is -0.0498. The van der Waals surface area contributed by atoms with Crippen molar-refractivity contribution in [3.05, 3.63) is 42.4 Å². The van der Waals surface area contributed by atoms with E-state index in [9.17, 15) is 8.78 Å². The van der Waals surface area contributed by atoms with E-state index in [-0.39, 0.29) is 11.8 Å².